The second-order valence-corrected chi connectivity index (χ2v) is 4.26. The molecule has 17 heavy (non-hydrogen) atoms. The molecule has 2 rings (SSSR count). The summed E-state index contributed by atoms with van der Waals surface area (Å²) >= 11 is 0. The zero-order chi connectivity index (χ0) is 11.9. The Balaban J connectivity index is 2.15. The number of ether oxygens (including phenoxy) is 1. The zero-order valence-corrected chi connectivity index (χ0v) is 10.4. The van der Waals surface area contributed by atoms with Crippen molar-refractivity contribution in [3.8, 4) is 0 Å². The van der Waals surface area contributed by atoms with Gasteiger partial charge < -0.3 is 10.1 Å². The molecule has 1 aromatic heterocycles. The van der Waals surface area contributed by atoms with Crippen LogP contribution in [0.5, 0.6) is 0 Å². The van der Waals surface area contributed by atoms with Crippen LogP contribution in [0.25, 0.3) is 0 Å². The highest BCUT2D eigenvalue weighted by atomic mass is 16.5. The number of nitrogens with zero attached hydrogens (tertiary/aromatic N) is 1. The van der Waals surface area contributed by atoms with Crippen molar-refractivity contribution < 1.29 is 4.74 Å². The molecule has 0 spiro atoms. The van der Waals surface area contributed by atoms with Gasteiger partial charge in [0.15, 0.2) is 0 Å². The minimum atomic E-state index is 0.179. The summed E-state index contributed by atoms with van der Waals surface area (Å²) in [4.78, 5) is 4.07. The molecule has 3 nitrogen and oxygen atoms in total. The Bertz CT molecular complexity index is 362. The van der Waals surface area contributed by atoms with Crippen LogP contribution >= 0.6 is 0 Å². The topological polar surface area (TPSA) is 34.1 Å². The van der Waals surface area contributed by atoms with Crippen LogP contribution in [0.3, 0.4) is 0 Å². The number of allylic oxidation sites excluding steroid dienone is 1. The van der Waals surface area contributed by atoms with Gasteiger partial charge in [-0.05, 0) is 49.6 Å². The first-order chi connectivity index (χ1) is 8.42. The van der Waals surface area contributed by atoms with Crippen LogP contribution in [0.2, 0.25) is 0 Å². The number of aromatic nitrogens is 1. The second kappa shape index (κ2) is 6.40. The molecule has 0 fully saturated rings. The fourth-order valence-electron chi connectivity index (χ4n) is 2.01. The van der Waals surface area contributed by atoms with E-state index in [9.17, 15) is 0 Å². The predicted molar refractivity (Wildman–Crippen MR) is 68.5 cm³/mol. The lowest BCUT2D eigenvalue weighted by molar-refractivity contribution is 0.167. The molecule has 0 amide bonds. The van der Waals surface area contributed by atoms with Crippen molar-refractivity contribution in [1.29, 1.82) is 0 Å². The molecule has 0 saturated carbocycles. The number of hydrogen-bond acceptors (Lipinski definition) is 3. The van der Waals surface area contributed by atoms with Gasteiger partial charge >= 0.3 is 0 Å². The molecule has 0 aliphatic carbocycles. The maximum Gasteiger partial charge on any atom is 0.113 e. The quantitative estimate of drug-likeness (QED) is 0.847. The number of hydrogen-bond donors (Lipinski definition) is 1. The van der Waals surface area contributed by atoms with Crippen molar-refractivity contribution in [2.45, 2.75) is 32.2 Å². The average Bonchev–Trinajstić information content (AvgIpc) is 2.42. The molecule has 0 radical (unpaired) electrons. The highest BCUT2D eigenvalue weighted by molar-refractivity contribution is 5.24. The van der Waals surface area contributed by atoms with E-state index in [0.717, 1.165) is 38.2 Å². The molecule has 1 aliphatic rings. The van der Waals surface area contributed by atoms with Gasteiger partial charge in [-0.15, -0.1) is 0 Å². The third-order valence-corrected chi connectivity index (χ3v) is 2.89. The zero-order valence-electron chi connectivity index (χ0n) is 10.4. The Labute approximate surface area is 103 Å². The fraction of sp³-hybridized carbons (Fsp3) is 0.500. The Hall–Kier alpha value is -1.35. The van der Waals surface area contributed by atoms with Crippen LogP contribution in [0.15, 0.2) is 36.4 Å². The normalized spacial score (nSPS) is 17.1. The van der Waals surface area contributed by atoms with Crippen molar-refractivity contribution in [3.63, 3.8) is 0 Å². The molecule has 3 heteroatoms. The maximum absolute atomic E-state index is 5.77. The summed E-state index contributed by atoms with van der Waals surface area (Å²) in [6.45, 7) is 4.00. The van der Waals surface area contributed by atoms with E-state index < -0.39 is 0 Å². The van der Waals surface area contributed by atoms with Gasteiger partial charge in [0.1, 0.15) is 5.76 Å². The molecule has 0 bridgehead atoms. The number of rotatable bonds is 5. The predicted octanol–water partition coefficient (Wildman–Crippen LogP) is 2.82. The molecule has 1 N–H and O–H groups in total. The molecule has 0 saturated heterocycles. The van der Waals surface area contributed by atoms with Crippen LogP contribution in [0.4, 0.5) is 0 Å². The highest BCUT2D eigenvalue weighted by Crippen LogP contribution is 2.25. The number of pyridine rings is 1. The lowest BCUT2D eigenvalue weighted by Crippen LogP contribution is -2.26. The summed E-state index contributed by atoms with van der Waals surface area (Å²) in [7, 11) is 0. The van der Waals surface area contributed by atoms with Crippen LogP contribution in [-0.4, -0.2) is 18.1 Å². The summed E-state index contributed by atoms with van der Waals surface area (Å²) in [6, 6.07) is 4.27. The Morgan fingerprint density at radius 1 is 1.41 bits per heavy atom. The van der Waals surface area contributed by atoms with E-state index >= 15 is 0 Å². The van der Waals surface area contributed by atoms with Gasteiger partial charge in [-0.1, -0.05) is 6.92 Å². The van der Waals surface area contributed by atoms with Crippen LogP contribution in [0, 0.1) is 0 Å². The Kier molecular flexibility index (Phi) is 4.56. The second-order valence-electron chi connectivity index (χ2n) is 4.26. The third kappa shape index (κ3) is 3.30. The van der Waals surface area contributed by atoms with Crippen molar-refractivity contribution >= 4 is 0 Å². The van der Waals surface area contributed by atoms with E-state index in [1.807, 2.05) is 24.5 Å². The molecule has 1 unspecified atom stereocenters. The molecular weight excluding hydrogens is 212 g/mol. The lowest BCUT2D eigenvalue weighted by atomic mass is 10.0. The molecular formula is C14H20N2O. The maximum atomic E-state index is 5.77. The smallest absolute Gasteiger partial charge is 0.113 e. The minimum Gasteiger partial charge on any atom is -0.496 e. The standard InChI is InChI=1S/C14H20N2O/c1-2-8-16-14(12-6-9-15-10-7-12)13-5-3-4-11-17-13/h5-7,9-10,14,16H,2-4,8,11H2,1H3. The van der Waals surface area contributed by atoms with Gasteiger partial charge in [-0.25, -0.2) is 0 Å². The first kappa shape index (κ1) is 12.1. The highest BCUT2D eigenvalue weighted by Gasteiger charge is 2.18. The molecule has 2 heterocycles. The average molecular weight is 232 g/mol. The summed E-state index contributed by atoms with van der Waals surface area (Å²) < 4.78 is 5.77. The van der Waals surface area contributed by atoms with E-state index in [-0.39, 0.29) is 6.04 Å². The van der Waals surface area contributed by atoms with E-state index in [1.165, 1.54) is 5.56 Å². The van der Waals surface area contributed by atoms with E-state index in [2.05, 4.69) is 23.3 Å². The summed E-state index contributed by atoms with van der Waals surface area (Å²) in [5.41, 5.74) is 1.22. The monoisotopic (exact) mass is 232 g/mol. The number of nitrogens with one attached hydrogen (secondary N) is 1. The van der Waals surface area contributed by atoms with Gasteiger partial charge in [0, 0.05) is 12.4 Å². The fourth-order valence-corrected chi connectivity index (χ4v) is 2.01. The molecule has 92 valence electrons. The Morgan fingerprint density at radius 3 is 2.88 bits per heavy atom. The van der Waals surface area contributed by atoms with Gasteiger partial charge in [0.2, 0.25) is 0 Å². The van der Waals surface area contributed by atoms with Gasteiger partial charge in [-0.3, -0.25) is 4.98 Å². The lowest BCUT2D eigenvalue weighted by Gasteiger charge is -2.25. The van der Waals surface area contributed by atoms with Crippen molar-refractivity contribution in [2.75, 3.05) is 13.2 Å². The summed E-state index contributed by atoms with van der Waals surface area (Å²) in [5, 5.41) is 3.53. The summed E-state index contributed by atoms with van der Waals surface area (Å²) in [6.07, 6.45) is 9.23. The largest absolute Gasteiger partial charge is 0.496 e. The van der Waals surface area contributed by atoms with E-state index in [4.69, 9.17) is 4.74 Å². The van der Waals surface area contributed by atoms with Crippen molar-refractivity contribution in [2.24, 2.45) is 0 Å². The van der Waals surface area contributed by atoms with Crippen molar-refractivity contribution in [3.05, 3.63) is 41.9 Å². The molecule has 1 aliphatic heterocycles. The van der Waals surface area contributed by atoms with Gasteiger partial charge in [0.25, 0.3) is 0 Å². The summed E-state index contributed by atoms with van der Waals surface area (Å²) in [5.74, 6) is 1.07. The van der Waals surface area contributed by atoms with E-state index in [1.54, 1.807) is 0 Å². The van der Waals surface area contributed by atoms with E-state index in [0.29, 0.717) is 0 Å². The van der Waals surface area contributed by atoms with Crippen LogP contribution in [0.1, 0.15) is 37.8 Å². The first-order valence-corrected chi connectivity index (χ1v) is 6.38. The van der Waals surface area contributed by atoms with Gasteiger partial charge in [0.05, 0.1) is 12.6 Å². The third-order valence-electron chi connectivity index (χ3n) is 2.89. The van der Waals surface area contributed by atoms with Crippen LogP contribution in [-0.2, 0) is 4.74 Å². The van der Waals surface area contributed by atoms with Crippen molar-refractivity contribution in [1.82, 2.24) is 10.3 Å². The molecule has 1 atom stereocenters. The first-order valence-electron chi connectivity index (χ1n) is 6.38. The SMILES string of the molecule is CCCNC(C1=CCCCO1)c1ccncc1. The van der Waals surface area contributed by atoms with Crippen LogP contribution < -0.4 is 5.32 Å². The minimum absolute atomic E-state index is 0.179. The molecule has 1 aromatic rings. The Morgan fingerprint density at radius 2 is 2.24 bits per heavy atom. The molecule has 0 aromatic carbocycles. The van der Waals surface area contributed by atoms with Gasteiger partial charge in [-0.2, -0.15) is 0 Å².